The summed E-state index contributed by atoms with van der Waals surface area (Å²) in [5.74, 6) is 0.611. The molecule has 1 heterocycles. The summed E-state index contributed by atoms with van der Waals surface area (Å²) in [6.07, 6.45) is 0.905. The van der Waals surface area contributed by atoms with Gasteiger partial charge in [0.15, 0.2) is 5.78 Å². The van der Waals surface area contributed by atoms with Gasteiger partial charge in [0.05, 0.1) is 11.1 Å². The molecule has 3 nitrogen and oxygen atoms in total. The van der Waals surface area contributed by atoms with Crippen LogP contribution in [0.2, 0.25) is 5.02 Å². The topological polar surface area (TPSA) is 52.3 Å². The third-order valence-electron chi connectivity index (χ3n) is 2.65. The molecule has 0 bridgehead atoms. The fourth-order valence-corrected chi connectivity index (χ4v) is 2.18. The Morgan fingerprint density at radius 1 is 1.62 bits per heavy atom. The molecule has 0 amide bonds. The zero-order chi connectivity index (χ0) is 11.9. The fraction of sp³-hybridized carbons (Fsp3) is 0.417. The normalized spacial score (nSPS) is 20.1. The molecule has 0 aliphatic carbocycles. The van der Waals surface area contributed by atoms with Crippen molar-refractivity contribution in [3.63, 3.8) is 0 Å². The molecule has 2 rings (SSSR count). The number of carbonyl (C=O) groups excluding carboxylic acids is 1. The predicted octanol–water partition coefficient (Wildman–Crippen LogP) is 2.19. The Balaban J connectivity index is 2.42. The molecule has 2 atom stereocenters. The van der Waals surface area contributed by atoms with Gasteiger partial charge in [-0.15, -0.1) is 0 Å². The summed E-state index contributed by atoms with van der Waals surface area (Å²) in [6.45, 7) is 3.64. The van der Waals surface area contributed by atoms with Crippen molar-refractivity contribution in [3.05, 3.63) is 28.3 Å². The second-order valence-corrected chi connectivity index (χ2v) is 4.64. The van der Waals surface area contributed by atoms with E-state index in [4.69, 9.17) is 22.1 Å². The molecule has 0 aromatic heterocycles. The van der Waals surface area contributed by atoms with Gasteiger partial charge < -0.3 is 10.5 Å². The second-order valence-electron chi connectivity index (χ2n) is 4.23. The standard InChI is InChI=1S/C12H14ClNO2/c1-6-3-9-4-8(11(15)7(2)14)5-10(13)12(9)16-6/h4-7H,3,14H2,1-2H3. The van der Waals surface area contributed by atoms with Gasteiger partial charge in [-0.25, -0.2) is 0 Å². The van der Waals surface area contributed by atoms with Crippen LogP contribution in [0.15, 0.2) is 12.1 Å². The minimum Gasteiger partial charge on any atom is -0.489 e. The van der Waals surface area contributed by atoms with E-state index in [-0.39, 0.29) is 11.9 Å². The van der Waals surface area contributed by atoms with Crippen LogP contribution in [0.25, 0.3) is 0 Å². The van der Waals surface area contributed by atoms with Crippen molar-refractivity contribution in [2.45, 2.75) is 32.4 Å². The molecule has 0 saturated carbocycles. The van der Waals surface area contributed by atoms with Crippen LogP contribution in [0.5, 0.6) is 5.75 Å². The molecule has 0 spiro atoms. The zero-order valence-corrected chi connectivity index (χ0v) is 10.0. The number of fused-ring (bicyclic) bond motifs is 1. The van der Waals surface area contributed by atoms with Gasteiger partial charge in [-0.05, 0) is 26.0 Å². The molecule has 0 radical (unpaired) electrons. The first-order valence-corrected chi connectivity index (χ1v) is 5.65. The SMILES string of the molecule is CC1Cc2cc(C(=O)C(C)N)cc(Cl)c2O1. The number of carbonyl (C=O) groups is 1. The van der Waals surface area contributed by atoms with Crippen LogP contribution in [0.1, 0.15) is 29.8 Å². The van der Waals surface area contributed by atoms with Crippen LogP contribution >= 0.6 is 11.6 Å². The molecule has 86 valence electrons. The van der Waals surface area contributed by atoms with Gasteiger partial charge in [0.2, 0.25) is 0 Å². The lowest BCUT2D eigenvalue weighted by Gasteiger charge is -2.08. The van der Waals surface area contributed by atoms with Crippen molar-refractivity contribution in [1.82, 2.24) is 0 Å². The van der Waals surface area contributed by atoms with Crippen molar-refractivity contribution in [3.8, 4) is 5.75 Å². The lowest BCUT2D eigenvalue weighted by Crippen LogP contribution is -2.26. The largest absolute Gasteiger partial charge is 0.489 e. The summed E-state index contributed by atoms with van der Waals surface area (Å²) in [4.78, 5) is 11.8. The van der Waals surface area contributed by atoms with Gasteiger partial charge in [-0.3, -0.25) is 4.79 Å². The highest BCUT2D eigenvalue weighted by Gasteiger charge is 2.24. The van der Waals surface area contributed by atoms with Gasteiger partial charge in [-0.1, -0.05) is 11.6 Å². The van der Waals surface area contributed by atoms with Crippen molar-refractivity contribution in [1.29, 1.82) is 0 Å². The third kappa shape index (κ3) is 1.93. The molecular formula is C12H14ClNO2. The minimum atomic E-state index is -0.506. The Morgan fingerprint density at radius 3 is 2.94 bits per heavy atom. The maximum atomic E-state index is 11.8. The summed E-state index contributed by atoms with van der Waals surface area (Å²) < 4.78 is 5.56. The second kappa shape index (κ2) is 4.07. The molecule has 2 N–H and O–H groups in total. The van der Waals surface area contributed by atoms with Crippen molar-refractivity contribution in [2.24, 2.45) is 5.73 Å². The van der Waals surface area contributed by atoms with E-state index in [1.54, 1.807) is 13.0 Å². The van der Waals surface area contributed by atoms with Gasteiger partial charge in [-0.2, -0.15) is 0 Å². The lowest BCUT2D eigenvalue weighted by molar-refractivity contribution is 0.0968. The Labute approximate surface area is 99.5 Å². The maximum Gasteiger partial charge on any atom is 0.179 e. The summed E-state index contributed by atoms with van der Waals surface area (Å²) in [7, 11) is 0. The first-order chi connectivity index (χ1) is 7.49. The number of benzene rings is 1. The van der Waals surface area contributed by atoms with Crippen LogP contribution in [0.3, 0.4) is 0 Å². The number of Topliss-reactive ketones (excluding diaryl/α,β-unsaturated/α-hetero) is 1. The third-order valence-corrected chi connectivity index (χ3v) is 2.93. The van der Waals surface area contributed by atoms with Gasteiger partial charge in [0.1, 0.15) is 11.9 Å². The summed E-state index contributed by atoms with van der Waals surface area (Å²) in [5, 5.41) is 0.492. The number of ketones is 1. The van der Waals surface area contributed by atoms with E-state index >= 15 is 0 Å². The summed E-state index contributed by atoms with van der Waals surface area (Å²) >= 11 is 6.07. The number of hydrogen-bond acceptors (Lipinski definition) is 3. The number of halogens is 1. The minimum absolute atomic E-state index is 0.0933. The van der Waals surface area contributed by atoms with Crippen molar-refractivity contribution in [2.75, 3.05) is 0 Å². The van der Waals surface area contributed by atoms with E-state index in [1.165, 1.54) is 0 Å². The number of ether oxygens (including phenoxy) is 1. The quantitative estimate of drug-likeness (QED) is 0.805. The molecule has 1 aliphatic rings. The highest BCUT2D eigenvalue weighted by molar-refractivity contribution is 6.32. The van der Waals surface area contributed by atoms with Crippen LogP contribution in [0, 0.1) is 0 Å². The average Bonchev–Trinajstić information content (AvgIpc) is 2.57. The highest BCUT2D eigenvalue weighted by atomic mass is 35.5. The summed E-state index contributed by atoms with van der Waals surface area (Å²) in [6, 6.07) is 2.95. The van der Waals surface area contributed by atoms with Gasteiger partial charge in [0.25, 0.3) is 0 Å². The van der Waals surface area contributed by atoms with Crippen LogP contribution in [-0.2, 0) is 6.42 Å². The Kier molecular flexibility index (Phi) is 2.91. The Hall–Kier alpha value is -1.06. The zero-order valence-electron chi connectivity index (χ0n) is 9.29. The van der Waals surface area contributed by atoms with Crippen LogP contribution in [0.4, 0.5) is 0 Å². The first kappa shape index (κ1) is 11.4. The number of rotatable bonds is 2. The van der Waals surface area contributed by atoms with E-state index in [0.29, 0.717) is 16.3 Å². The monoisotopic (exact) mass is 239 g/mol. The predicted molar refractivity (Wildman–Crippen MR) is 63.2 cm³/mol. The fourth-order valence-electron chi connectivity index (χ4n) is 1.89. The van der Waals surface area contributed by atoms with E-state index in [9.17, 15) is 4.79 Å². The van der Waals surface area contributed by atoms with E-state index in [1.807, 2.05) is 13.0 Å². The first-order valence-electron chi connectivity index (χ1n) is 5.28. The molecule has 1 aliphatic heterocycles. The molecule has 0 saturated heterocycles. The molecule has 1 aromatic carbocycles. The molecule has 4 heteroatoms. The maximum absolute atomic E-state index is 11.8. The molecule has 2 unspecified atom stereocenters. The Morgan fingerprint density at radius 2 is 2.31 bits per heavy atom. The Bertz CT molecular complexity index is 443. The van der Waals surface area contributed by atoms with Crippen LogP contribution < -0.4 is 10.5 Å². The summed E-state index contributed by atoms with van der Waals surface area (Å²) in [5.41, 5.74) is 7.12. The van der Waals surface area contributed by atoms with Gasteiger partial charge in [0, 0.05) is 17.5 Å². The molecule has 0 fully saturated rings. The highest BCUT2D eigenvalue weighted by Crippen LogP contribution is 2.37. The molecule has 1 aromatic rings. The molecule has 16 heavy (non-hydrogen) atoms. The van der Waals surface area contributed by atoms with E-state index in [2.05, 4.69) is 0 Å². The molecular weight excluding hydrogens is 226 g/mol. The van der Waals surface area contributed by atoms with Crippen molar-refractivity contribution < 1.29 is 9.53 Å². The van der Waals surface area contributed by atoms with Crippen LogP contribution in [-0.4, -0.2) is 17.9 Å². The average molecular weight is 240 g/mol. The van der Waals surface area contributed by atoms with Gasteiger partial charge >= 0.3 is 0 Å². The lowest BCUT2D eigenvalue weighted by atomic mass is 10.0. The van der Waals surface area contributed by atoms with Crippen molar-refractivity contribution >= 4 is 17.4 Å². The smallest absolute Gasteiger partial charge is 0.179 e. The van der Waals surface area contributed by atoms with E-state index < -0.39 is 6.04 Å². The number of nitrogens with two attached hydrogens (primary N) is 1. The number of hydrogen-bond donors (Lipinski definition) is 1. The van der Waals surface area contributed by atoms with E-state index in [0.717, 1.165) is 12.0 Å².